The van der Waals surface area contributed by atoms with Gasteiger partial charge in [0.15, 0.2) is 0 Å². The van der Waals surface area contributed by atoms with Gasteiger partial charge in [-0.25, -0.2) is 4.39 Å². The average Bonchev–Trinajstić information content (AvgIpc) is 3.27. The van der Waals surface area contributed by atoms with E-state index in [1.165, 1.54) is 24.3 Å². The minimum Gasteiger partial charge on any atom is -0.369 e. The largest absolute Gasteiger partial charge is 0.369 e. The summed E-state index contributed by atoms with van der Waals surface area (Å²) in [5.74, 6) is -1.69. The van der Waals surface area contributed by atoms with Gasteiger partial charge in [0.05, 0.1) is 0 Å². The molecule has 2 aromatic carbocycles. The van der Waals surface area contributed by atoms with E-state index in [9.17, 15) is 14.0 Å². The van der Waals surface area contributed by atoms with E-state index in [2.05, 4.69) is 5.32 Å². The molecule has 3 rings (SSSR count). The van der Waals surface area contributed by atoms with Crippen molar-refractivity contribution in [1.82, 2.24) is 0 Å². The lowest BCUT2D eigenvalue weighted by Crippen LogP contribution is -2.37. The second kappa shape index (κ2) is 5.26. The van der Waals surface area contributed by atoms with E-state index in [0.29, 0.717) is 12.1 Å². The summed E-state index contributed by atoms with van der Waals surface area (Å²) < 4.78 is 12.9. The molecule has 0 saturated heterocycles. The van der Waals surface area contributed by atoms with Crippen LogP contribution in [0.4, 0.5) is 10.1 Å². The number of carbonyl (C=O) groups excluding carboxylic acids is 2. The zero-order valence-corrected chi connectivity index (χ0v) is 11.8. The summed E-state index contributed by atoms with van der Waals surface area (Å²) in [4.78, 5) is 24.4. The number of nitrogens with one attached hydrogen (secondary N) is 1. The fourth-order valence-corrected chi connectivity index (χ4v) is 2.76. The Hall–Kier alpha value is -2.69. The van der Waals surface area contributed by atoms with Gasteiger partial charge in [0.25, 0.3) is 0 Å². The molecule has 0 bridgehead atoms. The van der Waals surface area contributed by atoms with Crippen LogP contribution < -0.4 is 11.1 Å². The van der Waals surface area contributed by atoms with Crippen molar-refractivity contribution in [3.05, 3.63) is 66.0 Å². The smallest absolute Gasteiger partial charge is 0.240 e. The second-order valence-electron chi connectivity index (χ2n) is 5.46. The van der Waals surface area contributed by atoms with Crippen molar-refractivity contribution in [1.29, 1.82) is 0 Å². The van der Waals surface area contributed by atoms with Gasteiger partial charge < -0.3 is 11.1 Å². The number of hydrogen-bond acceptors (Lipinski definition) is 2. The van der Waals surface area contributed by atoms with E-state index >= 15 is 0 Å². The van der Waals surface area contributed by atoms with Gasteiger partial charge in [0.2, 0.25) is 11.8 Å². The minimum atomic E-state index is -1.23. The van der Waals surface area contributed by atoms with E-state index in [1.807, 2.05) is 30.3 Å². The molecule has 3 N–H and O–H groups in total. The van der Waals surface area contributed by atoms with Crippen molar-refractivity contribution >= 4 is 17.5 Å². The van der Waals surface area contributed by atoms with Crippen LogP contribution in [0.25, 0.3) is 0 Å². The third-order valence-electron chi connectivity index (χ3n) is 4.11. The molecular formula is C17H15FN2O2. The molecule has 2 atom stereocenters. The van der Waals surface area contributed by atoms with E-state index < -0.39 is 23.0 Å². The van der Waals surface area contributed by atoms with Gasteiger partial charge in [-0.2, -0.15) is 0 Å². The summed E-state index contributed by atoms with van der Waals surface area (Å²) in [5.41, 5.74) is 5.60. The Bertz CT molecular complexity index is 715. The molecule has 1 aliphatic rings. The van der Waals surface area contributed by atoms with Crippen LogP contribution in [0.1, 0.15) is 17.9 Å². The number of rotatable bonds is 4. The molecule has 0 radical (unpaired) electrons. The molecule has 5 heteroatoms. The molecular weight excluding hydrogens is 283 g/mol. The summed E-state index contributed by atoms with van der Waals surface area (Å²) in [6.45, 7) is 0. The maximum atomic E-state index is 12.9. The van der Waals surface area contributed by atoms with Gasteiger partial charge in [-0.1, -0.05) is 30.3 Å². The van der Waals surface area contributed by atoms with Crippen LogP contribution in [-0.2, 0) is 9.59 Å². The first kappa shape index (κ1) is 14.3. The second-order valence-corrected chi connectivity index (χ2v) is 5.46. The van der Waals surface area contributed by atoms with Crippen LogP contribution in [0.5, 0.6) is 0 Å². The standard InChI is InChI=1S/C17H15FN2O2/c18-12-6-8-13(9-7-12)20-16(22)17(15(19)21)10-14(17)11-4-2-1-3-5-11/h1-9,14H,10H2,(H2,19,21)(H,20,22). The lowest BCUT2D eigenvalue weighted by Gasteiger charge is -2.14. The van der Waals surface area contributed by atoms with E-state index in [-0.39, 0.29) is 5.92 Å². The Labute approximate surface area is 127 Å². The van der Waals surface area contributed by atoms with Crippen LogP contribution in [0.15, 0.2) is 54.6 Å². The maximum absolute atomic E-state index is 12.9. The number of carbonyl (C=O) groups is 2. The minimum absolute atomic E-state index is 0.216. The highest BCUT2D eigenvalue weighted by molar-refractivity contribution is 6.14. The van der Waals surface area contributed by atoms with E-state index in [4.69, 9.17) is 5.73 Å². The average molecular weight is 298 g/mol. The molecule has 0 spiro atoms. The number of amides is 2. The molecule has 1 saturated carbocycles. The summed E-state index contributed by atoms with van der Waals surface area (Å²) in [6.07, 6.45) is 0.388. The quantitative estimate of drug-likeness (QED) is 0.851. The van der Waals surface area contributed by atoms with Gasteiger partial charge >= 0.3 is 0 Å². The molecule has 22 heavy (non-hydrogen) atoms. The first-order chi connectivity index (χ1) is 10.5. The van der Waals surface area contributed by atoms with Gasteiger partial charge in [0.1, 0.15) is 11.2 Å². The number of halogens is 1. The van der Waals surface area contributed by atoms with Crippen LogP contribution in [0.2, 0.25) is 0 Å². The Morgan fingerprint density at radius 1 is 1.09 bits per heavy atom. The van der Waals surface area contributed by atoms with Crippen molar-refractivity contribution < 1.29 is 14.0 Å². The van der Waals surface area contributed by atoms with Gasteiger partial charge in [0, 0.05) is 11.6 Å². The topological polar surface area (TPSA) is 72.2 Å². The molecule has 2 unspecified atom stereocenters. The van der Waals surface area contributed by atoms with E-state index in [0.717, 1.165) is 5.56 Å². The van der Waals surface area contributed by atoms with Crippen LogP contribution in [-0.4, -0.2) is 11.8 Å². The summed E-state index contributed by atoms with van der Waals surface area (Å²) >= 11 is 0. The molecule has 0 heterocycles. The Kier molecular flexibility index (Phi) is 3.41. The highest BCUT2D eigenvalue weighted by Gasteiger charge is 2.65. The van der Waals surface area contributed by atoms with E-state index in [1.54, 1.807) is 0 Å². The lowest BCUT2D eigenvalue weighted by molar-refractivity contribution is -0.132. The molecule has 2 aromatic rings. The van der Waals surface area contributed by atoms with Crippen molar-refractivity contribution in [3.8, 4) is 0 Å². The number of hydrogen-bond donors (Lipinski definition) is 2. The predicted molar refractivity (Wildman–Crippen MR) is 80.5 cm³/mol. The van der Waals surface area contributed by atoms with Crippen molar-refractivity contribution in [2.75, 3.05) is 5.32 Å². The Morgan fingerprint density at radius 3 is 2.32 bits per heavy atom. The van der Waals surface area contributed by atoms with Gasteiger partial charge in [-0.15, -0.1) is 0 Å². The van der Waals surface area contributed by atoms with Gasteiger partial charge in [-0.05, 0) is 36.2 Å². The lowest BCUT2D eigenvalue weighted by atomic mass is 9.97. The summed E-state index contributed by atoms with van der Waals surface area (Å²) in [6, 6.07) is 14.7. The Morgan fingerprint density at radius 2 is 1.73 bits per heavy atom. The van der Waals surface area contributed by atoms with Crippen LogP contribution >= 0.6 is 0 Å². The number of benzene rings is 2. The first-order valence-electron chi connectivity index (χ1n) is 6.96. The first-order valence-corrected chi connectivity index (χ1v) is 6.96. The summed E-state index contributed by atoms with van der Waals surface area (Å²) in [5, 5.41) is 2.65. The molecule has 1 aliphatic carbocycles. The van der Waals surface area contributed by atoms with Crippen LogP contribution in [0, 0.1) is 11.2 Å². The van der Waals surface area contributed by atoms with Crippen molar-refractivity contribution in [2.24, 2.45) is 11.1 Å². The normalized spacial score (nSPS) is 22.9. The summed E-state index contributed by atoms with van der Waals surface area (Å²) in [7, 11) is 0. The van der Waals surface area contributed by atoms with Crippen molar-refractivity contribution in [3.63, 3.8) is 0 Å². The predicted octanol–water partition coefficient (Wildman–Crippen LogP) is 2.42. The molecule has 0 aromatic heterocycles. The molecule has 4 nitrogen and oxygen atoms in total. The highest BCUT2D eigenvalue weighted by atomic mass is 19.1. The molecule has 1 fully saturated rings. The highest BCUT2D eigenvalue weighted by Crippen LogP contribution is 2.59. The SMILES string of the molecule is NC(=O)C1(C(=O)Nc2ccc(F)cc2)CC1c1ccccc1. The van der Waals surface area contributed by atoms with Crippen molar-refractivity contribution in [2.45, 2.75) is 12.3 Å². The molecule has 0 aliphatic heterocycles. The fraction of sp³-hybridized carbons (Fsp3) is 0.176. The third-order valence-corrected chi connectivity index (χ3v) is 4.11. The fourth-order valence-electron chi connectivity index (χ4n) is 2.76. The Balaban J connectivity index is 1.82. The number of primary amides is 1. The molecule has 112 valence electrons. The zero-order chi connectivity index (χ0) is 15.7. The zero-order valence-electron chi connectivity index (χ0n) is 11.8. The van der Waals surface area contributed by atoms with Gasteiger partial charge in [-0.3, -0.25) is 9.59 Å². The number of nitrogens with two attached hydrogens (primary N) is 1. The maximum Gasteiger partial charge on any atom is 0.240 e. The molecule has 2 amide bonds. The monoisotopic (exact) mass is 298 g/mol. The number of anilines is 1. The van der Waals surface area contributed by atoms with Crippen LogP contribution in [0.3, 0.4) is 0 Å². The third kappa shape index (κ3) is 2.35.